The van der Waals surface area contributed by atoms with Gasteiger partial charge < -0.3 is 10.1 Å². The van der Waals surface area contributed by atoms with E-state index in [2.05, 4.69) is 27.9 Å². The van der Waals surface area contributed by atoms with Gasteiger partial charge in [0.05, 0.1) is 4.92 Å². The fourth-order valence-electron chi connectivity index (χ4n) is 2.68. The van der Waals surface area contributed by atoms with Crippen molar-refractivity contribution in [2.45, 2.75) is 0 Å². The number of hydrogen-bond acceptors (Lipinski definition) is 6. The molecule has 1 N–H and O–H groups in total. The standard InChI is InChI=1S/C23H14IN3O5/c24-17-4-3-5-18(13-17)26-22(28)16(14-25)12-15-8-10-19(11-9-15)32-23(29)20-6-1-2-7-21(20)27(30)31/h1-13H,(H,26,28)/b16-12+. The van der Waals surface area contributed by atoms with Crippen molar-refractivity contribution in [1.29, 1.82) is 5.26 Å². The second-order valence-corrected chi connectivity index (χ2v) is 7.61. The summed E-state index contributed by atoms with van der Waals surface area (Å²) in [5.74, 6) is -1.26. The normalized spacial score (nSPS) is 10.7. The van der Waals surface area contributed by atoms with Gasteiger partial charge in [0.1, 0.15) is 23.0 Å². The molecule has 0 heterocycles. The molecule has 0 aliphatic rings. The lowest BCUT2D eigenvalue weighted by Crippen LogP contribution is -2.13. The Morgan fingerprint density at radius 3 is 2.44 bits per heavy atom. The van der Waals surface area contributed by atoms with Gasteiger partial charge in [0.25, 0.3) is 11.6 Å². The molecule has 1 amide bonds. The number of nitrogens with zero attached hydrogens (tertiary/aromatic N) is 2. The van der Waals surface area contributed by atoms with Crippen molar-refractivity contribution in [3.8, 4) is 11.8 Å². The Hall–Kier alpha value is -4.04. The van der Waals surface area contributed by atoms with Crippen molar-refractivity contribution in [3.63, 3.8) is 0 Å². The molecule has 8 nitrogen and oxygen atoms in total. The number of carbonyl (C=O) groups excluding carboxylic acids is 2. The number of carbonyl (C=O) groups is 2. The molecule has 0 atom stereocenters. The molecule has 0 unspecified atom stereocenters. The second kappa shape index (κ2) is 10.3. The zero-order valence-corrected chi connectivity index (χ0v) is 18.5. The smallest absolute Gasteiger partial charge is 0.350 e. The van der Waals surface area contributed by atoms with Crippen LogP contribution in [0.2, 0.25) is 0 Å². The highest BCUT2D eigenvalue weighted by Gasteiger charge is 2.21. The zero-order chi connectivity index (χ0) is 23.1. The summed E-state index contributed by atoms with van der Waals surface area (Å²) in [7, 11) is 0. The van der Waals surface area contributed by atoms with E-state index in [1.165, 1.54) is 42.5 Å². The lowest BCUT2D eigenvalue weighted by Gasteiger charge is -2.06. The average Bonchev–Trinajstić information content (AvgIpc) is 2.78. The van der Waals surface area contributed by atoms with Gasteiger partial charge in [-0.05, 0) is 70.6 Å². The molecular formula is C23H14IN3O5. The van der Waals surface area contributed by atoms with Crippen LogP contribution >= 0.6 is 22.6 Å². The highest BCUT2D eigenvalue weighted by molar-refractivity contribution is 14.1. The Labute approximate surface area is 196 Å². The summed E-state index contributed by atoms with van der Waals surface area (Å²) in [5, 5.41) is 23.1. The van der Waals surface area contributed by atoms with Crippen molar-refractivity contribution in [2.75, 3.05) is 5.32 Å². The maximum atomic E-state index is 12.4. The van der Waals surface area contributed by atoms with E-state index in [4.69, 9.17) is 4.74 Å². The number of rotatable bonds is 6. The SMILES string of the molecule is N#C/C(=C\c1ccc(OC(=O)c2ccccc2[N+](=O)[O-])cc1)C(=O)Nc1cccc(I)c1. The fourth-order valence-corrected chi connectivity index (χ4v) is 3.22. The summed E-state index contributed by atoms with van der Waals surface area (Å²) in [6.07, 6.45) is 1.40. The Balaban J connectivity index is 1.72. The van der Waals surface area contributed by atoms with Crippen LogP contribution in [0.3, 0.4) is 0 Å². The number of amides is 1. The highest BCUT2D eigenvalue weighted by atomic mass is 127. The van der Waals surface area contributed by atoms with Crippen LogP contribution in [0.5, 0.6) is 5.75 Å². The van der Waals surface area contributed by atoms with Crippen molar-refractivity contribution in [3.05, 3.63) is 103 Å². The third kappa shape index (κ3) is 5.77. The van der Waals surface area contributed by atoms with Gasteiger partial charge in [0, 0.05) is 15.3 Å². The van der Waals surface area contributed by atoms with E-state index in [0.29, 0.717) is 11.3 Å². The first-order valence-corrected chi connectivity index (χ1v) is 10.2. The minimum absolute atomic E-state index is 0.103. The number of nitrogens with one attached hydrogen (secondary N) is 1. The largest absolute Gasteiger partial charge is 0.423 e. The van der Waals surface area contributed by atoms with Crippen LogP contribution in [0.15, 0.2) is 78.4 Å². The Morgan fingerprint density at radius 1 is 1.06 bits per heavy atom. The fraction of sp³-hybridized carbons (Fsp3) is 0. The molecule has 0 fully saturated rings. The third-order valence-electron chi connectivity index (χ3n) is 4.17. The summed E-state index contributed by atoms with van der Waals surface area (Å²) in [4.78, 5) is 35.1. The molecule has 3 aromatic rings. The van der Waals surface area contributed by atoms with Crippen molar-refractivity contribution in [1.82, 2.24) is 0 Å². The van der Waals surface area contributed by atoms with Crippen molar-refractivity contribution < 1.29 is 19.2 Å². The van der Waals surface area contributed by atoms with Gasteiger partial charge in [0.2, 0.25) is 0 Å². The maximum absolute atomic E-state index is 12.4. The number of halogens is 1. The van der Waals surface area contributed by atoms with Crippen LogP contribution < -0.4 is 10.1 Å². The molecule has 3 aromatic carbocycles. The van der Waals surface area contributed by atoms with Crippen LogP contribution in [-0.4, -0.2) is 16.8 Å². The topological polar surface area (TPSA) is 122 Å². The summed E-state index contributed by atoms with van der Waals surface area (Å²) in [6.45, 7) is 0. The van der Waals surface area contributed by atoms with Crippen molar-refractivity contribution in [2.24, 2.45) is 0 Å². The summed E-state index contributed by atoms with van der Waals surface area (Å²) < 4.78 is 6.14. The Bertz CT molecular complexity index is 1260. The lowest BCUT2D eigenvalue weighted by atomic mass is 10.1. The molecule has 0 radical (unpaired) electrons. The second-order valence-electron chi connectivity index (χ2n) is 6.37. The van der Waals surface area contributed by atoms with Gasteiger partial charge in [-0.25, -0.2) is 4.79 Å². The lowest BCUT2D eigenvalue weighted by molar-refractivity contribution is -0.385. The minimum Gasteiger partial charge on any atom is -0.423 e. The molecule has 0 aromatic heterocycles. The Morgan fingerprint density at radius 2 is 1.78 bits per heavy atom. The first-order chi connectivity index (χ1) is 15.4. The van der Waals surface area contributed by atoms with E-state index in [0.717, 1.165) is 3.57 Å². The summed E-state index contributed by atoms with van der Waals surface area (Å²) >= 11 is 2.12. The number of ether oxygens (including phenoxy) is 1. The van der Waals surface area contributed by atoms with E-state index in [1.54, 1.807) is 30.3 Å². The number of anilines is 1. The molecule has 9 heteroatoms. The molecule has 0 saturated carbocycles. The maximum Gasteiger partial charge on any atom is 0.350 e. The predicted molar refractivity (Wildman–Crippen MR) is 126 cm³/mol. The molecule has 0 spiro atoms. The number of hydrogen-bond donors (Lipinski definition) is 1. The number of para-hydroxylation sites is 1. The van der Waals surface area contributed by atoms with E-state index in [9.17, 15) is 25.0 Å². The molecule has 0 aliphatic carbocycles. The summed E-state index contributed by atoms with van der Waals surface area (Å²) in [5.41, 5.74) is 0.481. The number of esters is 1. The molecule has 0 saturated heterocycles. The monoisotopic (exact) mass is 539 g/mol. The number of nitro groups is 1. The number of nitriles is 1. The van der Waals surface area contributed by atoms with E-state index >= 15 is 0 Å². The van der Waals surface area contributed by atoms with Crippen molar-refractivity contribution >= 4 is 51.9 Å². The summed E-state index contributed by atoms with van der Waals surface area (Å²) in [6, 6.07) is 20.5. The third-order valence-corrected chi connectivity index (χ3v) is 4.84. The van der Waals surface area contributed by atoms with Gasteiger partial charge in [0.15, 0.2) is 0 Å². The van der Waals surface area contributed by atoms with Crippen LogP contribution in [0.4, 0.5) is 11.4 Å². The molecule has 0 bridgehead atoms. The zero-order valence-electron chi connectivity index (χ0n) is 16.3. The van der Waals surface area contributed by atoms with Gasteiger partial charge in [-0.1, -0.05) is 30.3 Å². The first-order valence-electron chi connectivity index (χ1n) is 9.12. The van der Waals surface area contributed by atoms with Gasteiger partial charge in [-0.15, -0.1) is 0 Å². The van der Waals surface area contributed by atoms with E-state index < -0.39 is 16.8 Å². The molecule has 32 heavy (non-hydrogen) atoms. The number of nitro benzene ring substituents is 1. The molecule has 0 aliphatic heterocycles. The van der Waals surface area contributed by atoms with E-state index in [-0.39, 0.29) is 22.6 Å². The number of benzene rings is 3. The van der Waals surface area contributed by atoms with Gasteiger partial charge in [-0.3, -0.25) is 14.9 Å². The highest BCUT2D eigenvalue weighted by Crippen LogP contribution is 2.21. The predicted octanol–water partition coefficient (Wildman–Crippen LogP) is 4.96. The van der Waals surface area contributed by atoms with E-state index in [1.807, 2.05) is 12.1 Å². The van der Waals surface area contributed by atoms with Crippen LogP contribution in [0.25, 0.3) is 6.08 Å². The average molecular weight is 539 g/mol. The van der Waals surface area contributed by atoms with Gasteiger partial charge in [-0.2, -0.15) is 5.26 Å². The van der Waals surface area contributed by atoms with Crippen LogP contribution in [0, 0.1) is 25.0 Å². The quantitative estimate of drug-likeness (QED) is 0.0899. The first kappa shape index (κ1) is 22.6. The minimum atomic E-state index is -0.866. The van der Waals surface area contributed by atoms with Crippen LogP contribution in [0.1, 0.15) is 15.9 Å². The molecule has 3 rings (SSSR count). The Kier molecular flexibility index (Phi) is 7.30. The molecule has 158 valence electrons. The van der Waals surface area contributed by atoms with Crippen LogP contribution in [-0.2, 0) is 4.79 Å². The van der Waals surface area contributed by atoms with Gasteiger partial charge >= 0.3 is 5.97 Å². The molecular weight excluding hydrogens is 525 g/mol.